The standard InChI is InChI=1S/C16H15ClN4O4S2/c1-24-11-4-2-10(3-5-11)21-27(22,23)12-6-7-14(13(17)8-12)25-9-15-19-20-16(18)26-15/h2-8,21H,9H2,1H3,(H2,18,20). The van der Waals surface area contributed by atoms with E-state index in [0.29, 0.717) is 27.3 Å². The molecule has 1 aromatic heterocycles. The first-order valence-electron chi connectivity index (χ1n) is 7.54. The second kappa shape index (κ2) is 7.99. The first-order valence-corrected chi connectivity index (χ1v) is 10.2. The first kappa shape index (κ1) is 19.2. The summed E-state index contributed by atoms with van der Waals surface area (Å²) in [5.41, 5.74) is 5.91. The fourth-order valence-electron chi connectivity index (χ4n) is 2.10. The third-order valence-corrected chi connectivity index (χ3v) is 5.79. The Morgan fingerprint density at radius 1 is 1.19 bits per heavy atom. The van der Waals surface area contributed by atoms with Gasteiger partial charge < -0.3 is 15.2 Å². The van der Waals surface area contributed by atoms with Crippen molar-refractivity contribution in [2.75, 3.05) is 17.6 Å². The molecule has 0 aliphatic rings. The van der Waals surface area contributed by atoms with Gasteiger partial charge in [0.1, 0.15) is 18.1 Å². The molecule has 8 nitrogen and oxygen atoms in total. The normalized spacial score (nSPS) is 11.2. The van der Waals surface area contributed by atoms with Crippen molar-refractivity contribution in [1.29, 1.82) is 0 Å². The largest absolute Gasteiger partial charge is 0.497 e. The summed E-state index contributed by atoms with van der Waals surface area (Å²) in [6.45, 7) is 0.130. The number of benzene rings is 2. The van der Waals surface area contributed by atoms with E-state index in [9.17, 15) is 8.42 Å². The number of hydrogen-bond acceptors (Lipinski definition) is 8. The molecule has 0 saturated heterocycles. The van der Waals surface area contributed by atoms with Crippen molar-refractivity contribution in [2.45, 2.75) is 11.5 Å². The Hall–Kier alpha value is -2.56. The lowest BCUT2D eigenvalue weighted by molar-refractivity contribution is 0.304. The summed E-state index contributed by atoms with van der Waals surface area (Å²) in [5, 5.41) is 8.60. The predicted octanol–water partition coefficient (Wildman–Crippen LogP) is 3.16. The van der Waals surface area contributed by atoms with E-state index in [-0.39, 0.29) is 16.5 Å². The van der Waals surface area contributed by atoms with Gasteiger partial charge in [0, 0.05) is 5.69 Å². The Labute approximate surface area is 165 Å². The Morgan fingerprint density at radius 3 is 2.52 bits per heavy atom. The molecule has 2 aromatic carbocycles. The highest BCUT2D eigenvalue weighted by molar-refractivity contribution is 7.92. The van der Waals surface area contributed by atoms with Crippen LogP contribution >= 0.6 is 22.9 Å². The number of nitrogens with one attached hydrogen (secondary N) is 1. The lowest BCUT2D eigenvalue weighted by atomic mass is 10.3. The molecule has 27 heavy (non-hydrogen) atoms. The van der Waals surface area contributed by atoms with Crippen LogP contribution in [0.2, 0.25) is 5.02 Å². The average Bonchev–Trinajstić information content (AvgIpc) is 3.06. The second-order valence-corrected chi connectivity index (χ2v) is 8.43. The zero-order valence-corrected chi connectivity index (χ0v) is 16.4. The van der Waals surface area contributed by atoms with Crippen LogP contribution in [0.4, 0.5) is 10.8 Å². The zero-order valence-electron chi connectivity index (χ0n) is 14.0. The monoisotopic (exact) mass is 426 g/mol. The molecule has 3 aromatic rings. The maximum Gasteiger partial charge on any atom is 0.261 e. The molecule has 0 aliphatic heterocycles. The van der Waals surface area contributed by atoms with Crippen molar-refractivity contribution in [3.63, 3.8) is 0 Å². The number of sulfonamides is 1. The molecule has 11 heteroatoms. The van der Waals surface area contributed by atoms with E-state index >= 15 is 0 Å². The van der Waals surface area contributed by atoms with Crippen molar-refractivity contribution in [2.24, 2.45) is 0 Å². The Kier molecular flexibility index (Phi) is 5.68. The highest BCUT2D eigenvalue weighted by atomic mass is 35.5. The van der Waals surface area contributed by atoms with Crippen LogP contribution in [-0.2, 0) is 16.6 Å². The SMILES string of the molecule is COc1ccc(NS(=O)(=O)c2ccc(OCc3nnc(N)s3)c(Cl)c2)cc1. The molecular weight excluding hydrogens is 412 g/mol. The highest BCUT2D eigenvalue weighted by Gasteiger charge is 2.17. The number of methoxy groups -OCH3 is 1. The van der Waals surface area contributed by atoms with E-state index in [2.05, 4.69) is 14.9 Å². The number of anilines is 2. The molecule has 0 spiro atoms. The summed E-state index contributed by atoms with van der Waals surface area (Å²) in [7, 11) is -2.27. The summed E-state index contributed by atoms with van der Waals surface area (Å²) in [5.74, 6) is 0.952. The smallest absolute Gasteiger partial charge is 0.261 e. The van der Waals surface area contributed by atoms with Crippen LogP contribution in [-0.4, -0.2) is 25.7 Å². The number of rotatable bonds is 7. The van der Waals surface area contributed by atoms with Gasteiger partial charge in [0.2, 0.25) is 5.13 Å². The predicted molar refractivity (Wildman–Crippen MR) is 104 cm³/mol. The lowest BCUT2D eigenvalue weighted by Gasteiger charge is -2.11. The molecule has 0 saturated carbocycles. The summed E-state index contributed by atoms with van der Waals surface area (Å²) in [6, 6.07) is 10.7. The van der Waals surface area contributed by atoms with E-state index in [1.165, 1.54) is 36.6 Å². The third kappa shape index (κ3) is 4.79. The molecule has 0 amide bonds. The number of nitrogens with zero attached hydrogens (tertiary/aromatic N) is 2. The highest BCUT2D eigenvalue weighted by Crippen LogP contribution is 2.29. The van der Waals surface area contributed by atoms with Crippen molar-refractivity contribution >= 4 is 43.8 Å². The maximum atomic E-state index is 12.5. The van der Waals surface area contributed by atoms with Crippen LogP contribution in [0, 0.1) is 0 Å². The number of hydrogen-bond donors (Lipinski definition) is 2. The number of ether oxygens (including phenoxy) is 2. The Balaban J connectivity index is 1.72. The molecule has 3 N–H and O–H groups in total. The molecule has 142 valence electrons. The molecule has 1 heterocycles. The average molecular weight is 427 g/mol. The number of nitrogens with two attached hydrogens (primary N) is 1. The minimum Gasteiger partial charge on any atom is -0.497 e. The lowest BCUT2D eigenvalue weighted by Crippen LogP contribution is -2.13. The molecule has 0 radical (unpaired) electrons. The van der Waals surface area contributed by atoms with Crippen LogP contribution in [0.25, 0.3) is 0 Å². The van der Waals surface area contributed by atoms with Gasteiger partial charge in [-0.15, -0.1) is 10.2 Å². The van der Waals surface area contributed by atoms with E-state index < -0.39 is 10.0 Å². The Bertz CT molecular complexity index is 1040. The van der Waals surface area contributed by atoms with Crippen molar-refractivity contribution in [1.82, 2.24) is 10.2 Å². The first-order chi connectivity index (χ1) is 12.9. The van der Waals surface area contributed by atoms with Gasteiger partial charge in [-0.3, -0.25) is 4.72 Å². The number of nitrogen functional groups attached to an aromatic ring is 1. The maximum absolute atomic E-state index is 12.5. The van der Waals surface area contributed by atoms with Gasteiger partial charge in [-0.05, 0) is 42.5 Å². The zero-order chi connectivity index (χ0) is 19.4. The molecular formula is C16H15ClN4O4S2. The molecule has 0 atom stereocenters. The minimum absolute atomic E-state index is 0.0100. The summed E-state index contributed by atoms with van der Waals surface area (Å²) in [4.78, 5) is 0.0100. The third-order valence-electron chi connectivity index (χ3n) is 3.39. The second-order valence-electron chi connectivity index (χ2n) is 5.25. The van der Waals surface area contributed by atoms with Gasteiger partial charge in [-0.25, -0.2) is 8.42 Å². The van der Waals surface area contributed by atoms with E-state index in [4.69, 9.17) is 26.8 Å². The van der Waals surface area contributed by atoms with Crippen LogP contribution in [0.1, 0.15) is 5.01 Å². The topological polar surface area (TPSA) is 116 Å². The van der Waals surface area contributed by atoms with Crippen molar-refractivity contribution in [3.8, 4) is 11.5 Å². The molecule has 0 fully saturated rings. The molecule has 0 bridgehead atoms. The van der Waals surface area contributed by atoms with E-state index in [1.54, 1.807) is 24.3 Å². The van der Waals surface area contributed by atoms with Gasteiger partial charge in [-0.1, -0.05) is 22.9 Å². The van der Waals surface area contributed by atoms with Crippen LogP contribution < -0.4 is 19.9 Å². The number of aromatic nitrogens is 2. The number of halogens is 1. The van der Waals surface area contributed by atoms with Gasteiger partial charge in [0.15, 0.2) is 5.01 Å². The quantitative estimate of drug-likeness (QED) is 0.595. The van der Waals surface area contributed by atoms with E-state index in [1.807, 2.05) is 0 Å². The molecule has 0 unspecified atom stereocenters. The molecule has 3 rings (SSSR count). The van der Waals surface area contributed by atoms with Crippen molar-refractivity contribution in [3.05, 3.63) is 52.5 Å². The minimum atomic E-state index is -3.80. The van der Waals surface area contributed by atoms with Crippen LogP contribution in [0.5, 0.6) is 11.5 Å². The Morgan fingerprint density at radius 2 is 1.93 bits per heavy atom. The van der Waals surface area contributed by atoms with Crippen LogP contribution in [0.15, 0.2) is 47.4 Å². The van der Waals surface area contributed by atoms with Crippen LogP contribution in [0.3, 0.4) is 0 Å². The fourth-order valence-corrected chi connectivity index (χ4v) is 4.01. The van der Waals surface area contributed by atoms with Gasteiger partial charge in [0.25, 0.3) is 10.0 Å². The van der Waals surface area contributed by atoms with Gasteiger partial charge >= 0.3 is 0 Å². The van der Waals surface area contributed by atoms with Gasteiger partial charge in [-0.2, -0.15) is 0 Å². The molecule has 0 aliphatic carbocycles. The van der Waals surface area contributed by atoms with E-state index in [0.717, 1.165) is 0 Å². The summed E-state index contributed by atoms with van der Waals surface area (Å²) in [6.07, 6.45) is 0. The summed E-state index contributed by atoms with van der Waals surface area (Å²) < 4.78 is 38.1. The summed E-state index contributed by atoms with van der Waals surface area (Å²) >= 11 is 7.36. The van der Waals surface area contributed by atoms with Gasteiger partial charge in [0.05, 0.1) is 17.0 Å². The van der Waals surface area contributed by atoms with Crippen molar-refractivity contribution < 1.29 is 17.9 Å². The fraction of sp³-hybridized carbons (Fsp3) is 0.125.